The molecule has 3 aromatic carbocycles. The summed E-state index contributed by atoms with van der Waals surface area (Å²) >= 11 is 5.97. The predicted molar refractivity (Wildman–Crippen MR) is 126 cm³/mol. The summed E-state index contributed by atoms with van der Waals surface area (Å²) < 4.78 is 38.0. The number of anilines is 2. The molecule has 0 bridgehead atoms. The van der Waals surface area contributed by atoms with Crippen molar-refractivity contribution in [3.05, 3.63) is 77.3 Å². The lowest BCUT2D eigenvalue weighted by molar-refractivity contribution is -0.121. The van der Waals surface area contributed by atoms with Gasteiger partial charge < -0.3 is 19.7 Å². The van der Waals surface area contributed by atoms with Gasteiger partial charge in [0.15, 0.2) is 21.3 Å². The molecule has 2 aliphatic rings. The van der Waals surface area contributed by atoms with Gasteiger partial charge in [0.2, 0.25) is 18.6 Å². The quantitative estimate of drug-likeness (QED) is 0.584. The van der Waals surface area contributed by atoms with Crippen molar-refractivity contribution in [3.63, 3.8) is 0 Å². The molecule has 5 rings (SSSR count). The molecule has 0 fully saturated rings. The molecular formula is C24H19ClN2O6S. The molecule has 0 aliphatic carbocycles. The van der Waals surface area contributed by atoms with Gasteiger partial charge in [-0.25, -0.2) is 8.42 Å². The number of benzene rings is 3. The zero-order chi connectivity index (χ0) is 23.9. The van der Waals surface area contributed by atoms with Crippen molar-refractivity contribution in [2.24, 2.45) is 0 Å². The Balaban J connectivity index is 1.50. The van der Waals surface area contributed by atoms with Gasteiger partial charge in [0.25, 0.3) is 0 Å². The van der Waals surface area contributed by atoms with E-state index in [1.165, 1.54) is 17.0 Å². The van der Waals surface area contributed by atoms with Crippen LogP contribution in [0.2, 0.25) is 5.02 Å². The highest BCUT2D eigenvalue weighted by molar-refractivity contribution is 7.92. The Labute approximate surface area is 201 Å². The fourth-order valence-electron chi connectivity index (χ4n) is 4.08. The van der Waals surface area contributed by atoms with Gasteiger partial charge in [-0.15, -0.1) is 0 Å². The second-order valence-electron chi connectivity index (χ2n) is 7.86. The molecule has 1 unspecified atom stereocenters. The number of fused-ring (bicyclic) bond motifs is 2. The van der Waals surface area contributed by atoms with E-state index >= 15 is 0 Å². The topological polar surface area (TPSA) is 102 Å². The standard InChI is InChI=1S/C24H19ClN2O6S/c25-16-4-3-5-17(11-16)26-23(28)13-27-18-6-1-2-7-21(18)34(30,31)22(12-24(27)29)15-8-9-19-20(10-15)33-14-32-19/h1-11,22H,12-14H2,(H,26,28). The summed E-state index contributed by atoms with van der Waals surface area (Å²) in [6.45, 7) is -0.306. The molecular weight excluding hydrogens is 480 g/mol. The number of amides is 2. The maximum atomic E-state index is 13.7. The first-order valence-electron chi connectivity index (χ1n) is 10.4. The van der Waals surface area contributed by atoms with Gasteiger partial charge in [-0.3, -0.25) is 9.59 Å². The first-order chi connectivity index (χ1) is 16.3. The Kier molecular flexibility index (Phi) is 5.66. The van der Waals surface area contributed by atoms with E-state index in [9.17, 15) is 18.0 Å². The second kappa shape index (κ2) is 8.66. The van der Waals surface area contributed by atoms with E-state index in [4.69, 9.17) is 21.1 Å². The number of ether oxygens (including phenoxy) is 2. The minimum atomic E-state index is -3.96. The van der Waals surface area contributed by atoms with Crippen LogP contribution in [-0.4, -0.2) is 33.6 Å². The summed E-state index contributed by atoms with van der Waals surface area (Å²) in [6.07, 6.45) is -0.332. The molecule has 3 aromatic rings. The van der Waals surface area contributed by atoms with Crippen LogP contribution >= 0.6 is 11.6 Å². The van der Waals surface area contributed by atoms with Gasteiger partial charge in [0, 0.05) is 17.1 Å². The molecule has 0 radical (unpaired) electrons. The third kappa shape index (κ3) is 4.08. The van der Waals surface area contributed by atoms with E-state index in [1.54, 1.807) is 54.6 Å². The fourth-order valence-corrected chi connectivity index (χ4v) is 6.18. The second-order valence-corrected chi connectivity index (χ2v) is 10.4. The largest absolute Gasteiger partial charge is 0.454 e. The van der Waals surface area contributed by atoms with Crippen LogP contribution in [0.3, 0.4) is 0 Å². The number of carbonyl (C=O) groups is 2. The number of hydrogen-bond acceptors (Lipinski definition) is 6. The van der Waals surface area contributed by atoms with Crippen LogP contribution in [0, 0.1) is 0 Å². The molecule has 2 aliphatic heterocycles. The van der Waals surface area contributed by atoms with Crippen molar-refractivity contribution < 1.29 is 27.5 Å². The Morgan fingerprint density at radius 3 is 2.65 bits per heavy atom. The average molecular weight is 499 g/mol. The summed E-state index contributed by atoms with van der Waals surface area (Å²) in [7, 11) is -3.96. The number of carbonyl (C=O) groups excluding carboxylic acids is 2. The minimum Gasteiger partial charge on any atom is -0.454 e. The van der Waals surface area contributed by atoms with Gasteiger partial charge in [0.1, 0.15) is 6.54 Å². The van der Waals surface area contributed by atoms with Crippen LogP contribution in [-0.2, 0) is 19.4 Å². The first-order valence-corrected chi connectivity index (χ1v) is 12.3. The van der Waals surface area contributed by atoms with Gasteiger partial charge in [-0.05, 0) is 48.0 Å². The van der Waals surface area contributed by atoms with E-state index in [1.807, 2.05) is 0 Å². The van der Waals surface area contributed by atoms with Gasteiger partial charge in [-0.1, -0.05) is 35.9 Å². The summed E-state index contributed by atoms with van der Waals surface area (Å²) in [5.41, 5.74) is 1.05. The van der Waals surface area contributed by atoms with Gasteiger partial charge in [0.05, 0.1) is 15.8 Å². The van der Waals surface area contributed by atoms with Crippen LogP contribution in [0.5, 0.6) is 11.5 Å². The van der Waals surface area contributed by atoms with E-state index in [2.05, 4.69) is 5.32 Å². The highest BCUT2D eigenvalue weighted by atomic mass is 35.5. The van der Waals surface area contributed by atoms with Crippen molar-refractivity contribution in [1.29, 1.82) is 0 Å². The normalized spacial score (nSPS) is 18.2. The molecule has 0 aromatic heterocycles. The van der Waals surface area contributed by atoms with Gasteiger partial charge in [-0.2, -0.15) is 0 Å². The van der Waals surface area contributed by atoms with E-state index in [0.717, 1.165) is 0 Å². The Morgan fingerprint density at radius 1 is 1.03 bits per heavy atom. The third-order valence-electron chi connectivity index (χ3n) is 5.68. The van der Waals surface area contributed by atoms with Crippen LogP contribution in [0.1, 0.15) is 17.2 Å². The molecule has 34 heavy (non-hydrogen) atoms. The molecule has 174 valence electrons. The molecule has 2 heterocycles. The van der Waals surface area contributed by atoms with Crippen LogP contribution in [0.15, 0.2) is 71.6 Å². The number of halogens is 1. The number of nitrogens with one attached hydrogen (secondary N) is 1. The third-order valence-corrected chi connectivity index (χ3v) is 8.06. The molecule has 0 saturated carbocycles. The SMILES string of the molecule is O=C(CN1C(=O)CC(c2ccc3c(c2)OCO3)S(=O)(=O)c2ccccc21)Nc1cccc(Cl)c1. The zero-order valence-electron chi connectivity index (χ0n) is 17.7. The highest BCUT2D eigenvalue weighted by Gasteiger charge is 2.40. The average Bonchev–Trinajstić information content (AvgIpc) is 3.26. The summed E-state index contributed by atoms with van der Waals surface area (Å²) in [4.78, 5) is 27.3. The van der Waals surface area contributed by atoms with Crippen molar-refractivity contribution in [1.82, 2.24) is 0 Å². The summed E-state index contributed by atoms with van der Waals surface area (Å²) in [5, 5.41) is 2.01. The van der Waals surface area contributed by atoms with E-state index in [0.29, 0.717) is 27.8 Å². The lowest BCUT2D eigenvalue weighted by Gasteiger charge is -2.21. The van der Waals surface area contributed by atoms with Crippen molar-refractivity contribution >= 4 is 44.6 Å². The zero-order valence-corrected chi connectivity index (χ0v) is 19.3. The van der Waals surface area contributed by atoms with E-state index < -0.39 is 26.9 Å². The smallest absolute Gasteiger partial charge is 0.244 e. The first kappa shape index (κ1) is 22.2. The van der Waals surface area contributed by atoms with Crippen molar-refractivity contribution in [2.45, 2.75) is 16.6 Å². The van der Waals surface area contributed by atoms with Crippen LogP contribution < -0.4 is 19.7 Å². The number of rotatable bonds is 4. The molecule has 8 nitrogen and oxygen atoms in total. The van der Waals surface area contributed by atoms with Crippen LogP contribution in [0.25, 0.3) is 0 Å². The van der Waals surface area contributed by atoms with Crippen molar-refractivity contribution in [2.75, 3.05) is 23.6 Å². The summed E-state index contributed by atoms with van der Waals surface area (Å²) in [6, 6.07) is 17.6. The van der Waals surface area contributed by atoms with Crippen LogP contribution in [0.4, 0.5) is 11.4 Å². The molecule has 0 saturated heterocycles. The van der Waals surface area contributed by atoms with Crippen molar-refractivity contribution in [3.8, 4) is 11.5 Å². The maximum Gasteiger partial charge on any atom is 0.244 e. The highest BCUT2D eigenvalue weighted by Crippen LogP contribution is 2.43. The number of para-hydroxylation sites is 1. The number of sulfone groups is 1. The summed E-state index contributed by atoms with van der Waals surface area (Å²) in [5.74, 6) is -0.0296. The number of hydrogen-bond donors (Lipinski definition) is 1. The monoisotopic (exact) mass is 498 g/mol. The maximum absolute atomic E-state index is 13.7. The molecule has 1 N–H and O–H groups in total. The molecule has 10 heteroatoms. The van der Waals surface area contributed by atoms with Gasteiger partial charge >= 0.3 is 0 Å². The molecule has 0 spiro atoms. The lowest BCUT2D eigenvalue weighted by atomic mass is 10.1. The Morgan fingerprint density at radius 2 is 1.82 bits per heavy atom. The molecule has 1 atom stereocenters. The number of nitrogens with zero attached hydrogens (tertiary/aromatic N) is 1. The minimum absolute atomic E-state index is 0.0147. The Bertz CT molecular complexity index is 1410. The predicted octanol–water partition coefficient (Wildman–Crippen LogP) is 3.96. The van der Waals surface area contributed by atoms with E-state index in [-0.39, 0.29) is 30.3 Å². The Hall–Kier alpha value is -3.56. The fraction of sp³-hybridized carbons (Fsp3) is 0.167. The lowest BCUT2D eigenvalue weighted by Crippen LogP contribution is -2.38. The molecule has 2 amide bonds.